The van der Waals surface area contributed by atoms with Crippen LogP contribution in [0.5, 0.6) is 5.75 Å². The molecule has 3 aromatic carbocycles. The van der Waals surface area contributed by atoms with Crippen LogP contribution in [0.2, 0.25) is 5.02 Å². The summed E-state index contributed by atoms with van der Waals surface area (Å²) in [6, 6.07) is 26.8. The second-order valence-electron chi connectivity index (χ2n) is 19.9. The minimum atomic E-state index is -0.155. The highest BCUT2D eigenvalue weighted by molar-refractivity contribution is 6.30. The van der Waals surface area contributed by atoms with E-state index in [4.69, 9.17) is 16.3 Å². The molecular formula is C54H81ClN6O5. The lowest BCUT2D eigenvalue weighted by Gasteiger charge is -2.45. The van der Waals surface area contributed by atoms with E-state index in [1.807, 2.05) is 56.3 Å². The number of ether oxygens (including phenoxy) is 1. The normalized spacial score (nSPS) is 21.5. The van der Waals surface area contributed by atoms with Crippen LogP contribution in [0.4, 0.5) is 0 Å². The van der Waals surface area contributed by atoms with Gasteiger partial charge in [-0.25, -0.2) is 0 Å². The summed E-state index contributed by atoms with van der Waals surface area (Å²) in [7, 11) is 10.2. The maximum atomic E-state index is 12.5. The zero-order valence-corrected chi connectivity index (χ0v) is 42.3. The first-order valence-electron chi connectivity index (χ1n) is 24.4. The second-order valence-corrected chi connectivity index (χ2v) is 20.3. The molecule has 2 saturated carbocycles. The van der Waals surface area contributed by atoms with Gasteiger partial charge in [0.2, 0.25) is 23.6 Å². The van der Waals surface area contributed by atoms with Crippen molar-refractivity contribution in [2.45, 2.75) is 166 Å². The number of halogens is 1. The van der Waals surface area contributed by atoms with E-state index in [0.29, 0.717) is 25.2 Å². The number of hydrogen-bond donors (Lipinski definition) is 4. The van der Waals surface area contributed by atoms with E-state index in [-0.39, 0.29) is 71.7 Å². The van der Waals surface area contributed by atoms with Gasteiger partial charge in [-0.2, -0.15) is 0 Å². The molecule has 0 heterocycles. The van der Waals surface area contributed by atoms with Gasteiger partial charge in [-0.3, -0.25) is 19.2 Å². The molecule has 2 aliphatic rings. The molecule has 66 heavy (non-hydrogen) atoms. The van der Waals surface area contributed by atoms with Crippen LogP contribution in [0.25, 0.3) is 0 Å². The fourth-order valence-electron chi connectivity index (χ4n) is 9.82. The predicted molar refractivity (Wildman–Crippen MR) is 269 cm³/mol. The molecule has 0 radical (unpaired) electrons. The first kappa shape index (κ1) is 54.2. The lowest BCUT2D eigenvalue weighted by atomic mass is 9.75. The third-order valence-electron chi connectivity index (χ3n) is 13.8. The number of rotatable bonds is 21. The second kappa shape index (κ2) is 26.8. The highest BCUT2D eigenvalue weighted by Gasteiger charge is 2.39. The van der Waals surface area contributed by atoms with Crippen molar-refractivity contribution in [3.05, 3.63) is 101 Å². The van der Waals surface area contributed by atoms with Crippen LogP contribution in [-0.2, 0) is 32.0 Å². The SMILES string of the molecule is CC(C)CC(C)NC(=O)CCCC(=O)NC1CCC(Cc2ccccc2)(N(C)C)CC1.COc1cccc(C(C)NC(=O)CCC(=O)NC2CCC(Cc3cccc(Cl)c3)(N(C)C)CC2)c1. The molecule has 4 N–H and O–H groups in total. The number of nitrogens with zero attached hydrogens (tertiary/aromatic N) is 2. The molecule has 0 saturated heterocycles. The van der Waals surface area contributed by atoms with Crippen molar-refractivity contribution >= 4 is 35.2 Å². The summed E-state index contributed by atoms with van der Waals surface area (Å²) in [5, 5.41) is 13.1. The smallest absolute Gasteiger partial charge is 0.220 e. The summed E-state index contributed by atoms with van der Waals surface area (Å²) in [5.74, 6) is 1.25. The van der Waals surface area contributed by atoms with Gasteiger partial charge in [0, 0.05) is 59.9 Å². The van der Waals surface area contributed by atoms with Crippen molar-refractivity contribution in [1.29, 1.82) is 0 Å². The van der Waals surface area contributed by atoms with Crippen LogP contribution in [-0.4, -0.2) is 97.9 Å². The number of methoxy groups -OCH3 is 1. The highest BCUT2D eigenvalue weighted by Crippen LogP contribution is 2.37. The van der Waals surface area contributed by atoms with Gasteiger partial charge in [0.1, 0.15) is 5.75 Å². The molecule has 2 fully saturated rings. The predicted octanol–water partition coefficient (Wildman–Crippen LogP) is 9.22. The largest absolute Gasteiger partial charge is 0.497 e. The maximum Gasteiger partial charge on any atom is 0.220 e. The van der Waals surface area contributed by atoms with Crippen molar-refractivity contribution in [2.24, 2.45) is 5.92 Å². The summed E-state index contributed by atoms with van der Waals surface area (Å²) in [5.41, 5.74) is 3.80. The Morgan fingerprint density at radius 3 is 1.68 bits per heavy atom. The van der Waals surface area contributed by atoms with Gasteiger partial charge in [0.15, 0.2) is 0 Å². The molecule has 2 unspecified atom stereocenters. The number of likely N-dealkylation sites (N-methyl/N-ethyl adjacent to an activating group) is 2. The minimum Gasteiger partial charge on any atom is -0.497 e. The van der Waals surface area contributed by atoms with Crippen LogP contribution in [0.3, 0.4) is 0 Å². The highest BCUT2D eigenvalue weighted by atomic mass is 35.5. The Morgan fingerprint density at radius 2 is 1.14 bits per heavy atom. The Morgan fingerprint density at radius 1 is 0.636 bits per heavy atom. The van der Waals surface area contributed by atoms with Crippen LogP contribution < -0.4 is 26.0 Å². The van der Waals surface area contributed by atoms with E-state index in [0.717, 1.165) is 87.0 Å². The maximum absolute atomic E-state index is 12.5. The van der Waals surface area contributed by atoms with Gasteiger partial charge in [0.25, 0.3) is 0 Å². The molecule has 0 aliphatic heterocycles. The minimum absolute atomic E-state index is 0.0512. The Bertz CT molecular complexity index is 1960. The van der Waals surface area contributed by atoms with E-state index in [9.17, 15) is 19.2 Å². The zero-order valence-electron chi connectivity index (χ0n) is 41.5. The Labute approximate surface area is 401 Å². The molecule has 3 aromatic rings. The van der Waals surface area contributed by atoms with Gasteiger partial charge in [0.05, 0.1) is 13.2 Å². The van der Waals surface area contributed by atoms with Gasteiger partial charge >= 0.3 is 0 Å². The fourth-order valence-corrected chi connectivity index (χ4v) is 10.0. The average Bonchev–Trinajstić information content (AvgIpc) is 3.27. The molecule has 2 aliphatic carbocycles. The summed E-state index contributed by atoms with van der Waals surface area (Å²) < 4.78 is 5.25. The Kier molecular flexibility index (Phi) is 22.0. The van der Waals surface area contributed by atoms with Gasteiger partial charge < -0.3 is 35.8 Å². The first-order chi connectivity index (χ1) is 31.4. The number of carbonyl (C=O) groups excluding carboxylic acids is 4. The lowest BCUT2D eigenvalue weighted by Crippen LogP contribution is -2.52. The third-order valence-corrected chi connectivity index (χ3v) is 14.1. The number of benzene rings is 3. The van der Waals surface area contributed by atoms with Crippen LogP contribution in [0, 0.1) is 5.92 Å². The van der Waals surface area contributed by atoms with E-state index in [1.165, 1.54) is 11.1 Å². The van der Waals surface area contributed by atoms with Gasteiger partial charge in [-0.1, -0.05) is 80.0 Å². The summed E-state index contributed by atoms with van der Waals surface area (Å²) in [6.07, 6.45) is 12.8. The Hall–Kier alpha value is -4.45. The standard InChI is InChI=1S/C28H38ClN3O3.C26H43N3O2/c1-20(22-8-6-10-25(18-22)35-4)30-26(33)11-12-27(34)31-24-13-15-28(16-14-24,32(2)3)19-21-7-5-9-23(29)17-21;1-20(2)18-21(3)27-24(30)12-9-13-25(31)28-23-14-16-26(17-15-23,29(4)5)19-22-10-7-6-8-11-22/h5-10,17-18,20,24H,11-16,19H2,1-4H3,(H,30,33)(H,31,34);6-8,10-11,20-21,23H,9,12-19H2,1-5H3,(H,27,30)(H,28,31). The van der Waals surface area contributed by atoms with Gasteiger partial charge in [-0.05, 0) is 166 Å². The zero-order chi connectivity index (χ0) is 48.3. The van der Waals surface area contributed by atoms with Crippen LogP contribution in [0.15, 0.2) is 78.9 Å². The molecule has 11 nitrogen and oxygen atoms in total. The number of nitrogens with one attached hydrogen (secondary N) is 4. The number of hydrogen-bond acceptors (Lipinski definition) is 7. The molecular weight excluding hydrogens is 848 g/mol. The molecule has 364 valence electrons. The van der Waals surface area contributed by atoms with E-state index in [1.54, 1.807) is 7.11 Å². The summed E-state index contributed by atoms with van der Waals surface area (Å²) in [4.78, 5) is 54.1. The van der Waals surface area contributed by atoms with Crippen molar-refractivity contribution in [3.63, 3.8) is 0 Å². The third kappa shape index (κ3) is 18.0. The van der Waals surface area contributed by atoms with Crippen LogP contribution in [0.1, 0.15) is 140 Å². The topological polar surface area (TPSA) is 132 Å². The molecule has 4 amide bonds. The lowest BCUT2D eigenvalue weighted by molar-refractivity contribution is -0.127. The van der Waals surface area contributed by atoms with E-state index >= 15 is 0 Å². The van der Waals surface area contributed by atoms with Crippen molar-refractivity contribution < 1.29 is 23.9 Å². The molecule has 0 aromatic heterocycles. The fraction of sp³-hybridized carbons (Fsp3) is 0.593. The Balaban J connectivity index is 0.000000291. The number of carbonyl (C=O) groups is 4. The summed E-state index contributed by atoms with van der Waals surface area (Å²) >= 11 is 6.20. The molecule has 12 heteroatoms. The van der Waals surface area contributed by atoms with Crippen molar-refractivity contribution in [2.75, 3.05) is 35.3 Å². The first-order valence-corrected chi connectivity index (χ1v) is 24.7. The van der Waals surface area contributed by atoms with Gasteiger partial charge in [-0.15, -0.1) is 0 Å². The molecule has 0 spiro atoms. The molecule has 2 atom stereocenters. The molecule has 0 bridgehead atoms. The van der Waals surface area contributed by atoms with E-state index < -0.39 is 0 Å². The van der Waals surface area contributed by atoms with Crippen LogP contribution >= 0.6 is 11.6 Å². The quantitative estimate of drug-likeness (QED) is 0.0838. The van der Waals surface area contributed by atoms with E-state index in [2.05, 4.69) is 110 Å². The number of amides is 4. The van der Waals surface area contributed by atoms with Crippen molar-refractivity contribution in [3.8, 4) is 5.75 Å². The van der Waals surface area contributed by atoms with Crippen molar-refractivity contribution in [1.82, 2.24) is 31.1 Å². The monoisotopic (exact) mass is 929 g/mol. The average molecular weight is 930 g/mol. The molecule has 5 rings (SSSR count). The summed E-state index contributed by atoms with van der Waals surface area (Å²) in [6.45, 7) is 8.28.